The fraction of sp³-hybridized carbons (Fsp3) is 0.818. The lowest BCUT2D eigenvalue weighted by Gasteiger charge is -2.32. The summed E-state index contributed by atoms with van der Waals surface area (Å²) in [6.45, 7) is 3.01. The van der Waals surface area contributed by atoms with E-state index < -0.39 is 5.97 Å². The zero-order valence-electron chi connectivity index (χ0n) is 9.72. The summed E-state index contributed by atoms with van der Waals surface area (Å²) < 4.78 is 5.07. The van der Waals surface area contributed by atoms with Crippen LogP contribution < -0.4 is 5.32 Å². The van der Waals surface area contributed by atoms with Gasteiger partial charge in [-0.3, -0.25) is 9.69 Å². The number of carbonyl (C=O) groups is 2. The van der Waals surface area contributed by atoms with Crippen LogP contribution in [0.4, 0.5) is 4.79 Å². The standard InChI is InChI=1S/C11H18N2O4/c14-10(15)4-8-2-1-3-13(6-8)7-9-5-12-11(16)17-9/h8-9H,1-7H2,(H,12,16)(H,14,15). The number of likely N-dealkylation sites (tertiary alicyclic amines) is 1. The van der Waals surface area contributed by atoms with Gasteiger partial charge in [0.2, 0.25) is 0 Å². The Kier molecular flexibility index (Phi) is 3.83. The number of carboxylic acid groups (broad SMARTS) is 1. The van der Waals surface area contributed by atoms with E-state index in [-0.39, 0.29) is 24.5 Å². The van der Waals surface area contributed by atoms with E-state index in [9.17, 15) is 9.59 Å². The van der Waals surface area contributed by atoms with Crippen LogP contribution >= 0.6 is 0 Å². The lowest BCUT2D eigenvalue weighted by Crippen LogP contribution is -2.41. The number of nitrogens with zero attached hydrogens (tertiary/aromatic N) is 1. The monoisotopic (exact) mass is 242 g/mol. The topological polar surface area (TPSA) is 78.9 Å². The van der Waals surface area contributed by atoms with E-state index in [1.54, 1.807) is 0 Å². The zero-order valence-corrected chi connectivity index (χ0v) is 9.72. The van der Waals surface area contributed by atoms with Crippen molar-refractivity contribution in [2.75, 3.05) is 26.2 Å². The molecule has 17 heavy (non-hydrogen) atoms. The van der Waals surface area contributed by atoms with E-state index in [0.29, 0.717) is 13.1 Å². The van der Waals surface area contributed by atoms with Crippen molar-refractivity contribution >= 4 is 12.1 Å². The fourth-order valence-corrected chi connectivity index (χ4v) is 2.55. The first-order valence-electron chi connectivity index (χ1n) is 6.02. The predicted molar refractivity (Wildman–Crippen MR) is 59.7 cm³/mol. The first-order valence-corrected chi connectivity index (χ1v) is 6.02. The molecule has 2 fully saturated rings. The quantitative estimate of drug-likeness (QED) is 0.740. The maximum Gasteiger partial charge on any atom is 0.407 e. The van der Waals surface area contributed by atoms with Crippen LogP contribution in [0.5, 0.6) is 0 Å². The lowest BCUT2D eigenvalue weighted by molar-refractivity contribution is -0.138. The summed E-state index contributed by atoms with van der Waals surface area (Å²) in [5.41, 5.74) is 0. The summed E-state index contributed by atoms with van der Waals surface area (Å²) in [6.07, 6.45) is 1.79. The number of carbonyl (C=O) groups excluding carboxylic acids is 1. The third-order valence-electron chi connectivity index (χ3n) is 3.28. The molecular weight excluding hydrogens is 224 g/mol. The molecular formula is C11H18N2O4. The number of aliphatic carboxylic acids is 1. The summed E-state index contributed by atoms with van der Waals surface area (Å²) in [5, 5.41) is 11.4. The summed E-state index contributed by atoms with van der Waals surface area (Å²) >= 11 is 0. The molecule has 2 unspecified atom stereocenters. The molecule has 2 atom stereocenters. The van der Waals surface area contributed by atoms with Gasteiger partial charge in [0.1, 0.15) is 6.10 Å². The number of carboxylic acids is 1. The van der Waals surface area contributed by atoms with E-state index in [4.69, 9.17) is 9.84 Å². The molecule has 2 N–H and O–H groups in total. The normalized spacial score (nSPS) is 29.8. The third kappa shape index (κ3) is 3.59. The molecule has 0 saturated carbocycles. The zero-order chi connectivity index (χ0) is 12.3. The molecule has 0 bridgehead atoms. The highest BCUT2D eigenvalue weighted by Gasteiger charge is 2.28. The van der Waals surface area contributed by atoms with Crippen LogP contribution in [0.2, 0.25) is 0 Å². The van der Waals surface area contributed by atoms with Gasteiger partial charge in [0.05, 0.1) is 6.54 Å². The molecule has 2 aliphatic rings. The highest BCUT2D eigenvalue weighted by Crippen LogP contribution is 2.20. The molecule has 6 nitrogen and oxygen atoms in total. The average molecular weight is 242 g/mol. The minimum Gasteiger partial charge on any atom is -0.481 e. The Labute approximate surface area is 99.9 Å². The van der Waals surface area contributed by atoms with Gasteiger partial charge in [0.15, 0.2) is 0 Å². The van der Waals surface area contributed by atoms with Crippen molar-refractivity contribution in [3.05, 3.63) is 0 Å². The molecule has 0 radical (unpaired) electrons. The van der Waals surface area contributed by atoms with Crippen molar-refractivity contribution in [1.82, 2.24) is 10.2 Å². The minimum atomic E-state index is -0.731. The highest BCUT2D eigenvalue weighted by atomic mass is 16.6. The maximum atomic E-state index is 10.9. The second-order valence-corrected chi connectivity index (χ2v) is 4.77. The van der Waals surface area contributed by atoms with E-state index >= 15 is 0 Å². The Morgan fingerprint density at radius 3 is 3.06 bits per heavy atom. The van der Waals surface area contributed by atoms with Crippen LogP contribution in [0.1, 0.15) is 19.3 Å². The summed E-state index contributed by atoms with van der Waals surface area (Å²) in [4.78, 5) is 23.7. The molecule has 2 aliphatic heterocycles. The van der Waals surface area contributed by atoms with E-state index in [1.165, 1.54) is 0 Å². The number of hydrogen-bond donors (Lipinski definition) is 2. The van der Waals surface area contributed by atoms with Crippen molar-refractivity contribution < 1.29 is 19.4 Å². The van der Waals surface area contributed by atoms with E-state index in [2.05, 4.69) is 10.2 Å². The van der Waals surface area contributed by atoms with Gasteiger partial charge < -0.3 is 15.2 Å². The van der Waals surface area contributed by atoms with Gasteiger partial charge in [-0.25, -0.2) is 4.79 Å². The van der Waals surface area contributed by atoms with Crippen molar-refractivity contribution in [3.8, 4) is 0 Å². The fourth-order valence-electron chi connectivity index (χ4n) is 2.55. The summed E-state index contributed by atoms with van der Waals surface area (Å²) in [6, 6.07) is 0. The Morgan fingerprint density at radius 1 is 1.59 bits per heavy atom. The highest BCUT2D eigenvalue weighted by molar-refractivity contribution is 5.69. The van der Waals surface area contributed by atoms with E-state index in [1.807, 2.05) is 0 Å². The number of nitrogens with one attached hydrogen (secondary N) is 1. The number of hydrogen-bond acceptors (Lipinski definition) is 4. The number of cyclic esters (lactones) is 1. The van der Waals surface area contributed by atoms with E-state index in [0.717, 1.165) is 25.9 Å². The smallest absolute Gasteiger partial charge is 0.407 e. The van der Waals surface area contributed by atoms with Crippen molar-refractivity contribution in [2.24, 2.45) is 5.92 Å². The van der Waals surface area contributed by atoms with Gasteiger partial charge in [-0.2, -0.15) is 0 Å². The number of rotatable bonds is 4. The molecule has 2 saturated heterocycles. The predicted octanol–water partition coefficient (Wildman–Crippen LogP) is 0.282. The summed E-state index contributed by atoms with van der Waals surface area (Å²) in [7, 11) is 0. The van der Waals surface area contributed by atoms with Gasteiger partial charge in [-0.1, -0.05) is 0 Å². The van der Waals surface area contributed by atoms with Gasteiger partial charge >= 0.3 is 12.1 Å². The average Bonchev–Trinajstić information content (AvgIpc) is 2.63. The Hall–Kier alpha value is -1.30. The van der Waals surface area contributed by atoms with Crippen LogP contribution in [0.25, 0.3) is 0 Å². The second-order valence-electron chi connectivity index (χ2n) is 4.77. The van der Waals surface area contributed by atoms with Crippen molar-refractivity contribution in [2.45, 2.75) is 25.4 Å². The largest absolute Gasteiger partial charge is 0.481 e. The molecule has 2 heterocycles. The molecule has 1 amide bonds. The molecule has 0 spiro atoms. The lowest BCUT2D eigenvalue weighted by atomic mass is 9.95. The first kappa shape index (κ1) is 12.2. The number of alkyl carbamates (subject to hydrolysis) is 1. The van der Waals surface area contributed by atoms with Crippen LogP contribution in [0.15, 0.2) is 0 Å². The number of amides is 1. The summed E-state index contributed by atoms with van der Waals surface area (Å²) in [5.74, 6) is -0.503. The Bertz CT molecular complexity index is 308. The minimum absolute atomic E-state index is 0.0916. The SMILES string of the molecule is O=C(O)CC1CCCN(CC2CNC(=O)O2)C1. The first-order chi connectivity index (χ1) is 8.13. The Morgan fingerprint density at radius 2 is 2.41 bits per heavy atom. The van der Waals surface area contributed by atoms with Crippen LogP contribution in [-0.4, -0.2) is 54.4 Å². The molecule has 2 rings (SSSR count). The molecule has 6 heteroatoms. The van der Waals surface area contributed by atoms with Crippen LogP contribution in [0.3, 0.4) is 0 Å². The van der Waals surface area contributed by atoms with Crippen molar-refractivity contribution in [3.63, 3.8) is 0 Å². The van der Waals surface area contributed by atoms with Crippen molar-refractivity contribution in [1.29, 1.82) is 0 Å². The van der Waals surface area contributed by atoms with Gasteiger partial charge in [0.25, 0.3) is 0 Å². The molecule has 0 aromatic rings. The Balaban J connectivity index is 1.77. The second kappa shape index (κ2) is 5.35. The number of ether oxygens (including phenoxy) is 1. The third-order valence-corrected chi connectivity index (χ3v) is 3.28. The number of piperidine rings is 1. The van der Waals surface area contributed by atoms with Gasteiger partial charge in [-0.15, -0.1) is 0 Å². The molecule has 0 aliphatic carbocycles. The molecule has 96 valence electrons. The van der Waals surface area contributed by atoms with Gasteiger partial charge in [0, 0.05) is 19.5 Å². The van der Waals surface area contributed by atoms with Crippen LogP contribution in [-0.2, 0) is 9.53 Å². The van der Waals surface area contributed by atoms with Crippen LogP contribution in [0, 0.1) is 5.92 Å². The molecule has 0 aromatic carbocycles. The maximum absolute atomic E-state index is 10.9. The molecule has 0 aromatic heterocycles. The van der Waals surface area contributed by atoms with Gasteiger partial charge in [-0.05, 0) is 25.3 Å².